The molecule has 0 radical (unpaired) electrons. The first kappa shape index (κ1) is 44.3. The summed E-state index contributed by atoms with van der Waals surface area (Å²) in [6.45, 7) is 14.9. The average Bonchev–Trinajstić information content (AvgIpc) is 3.07. The number of nitrogens with zero attached hydrogens (tertiary/aromatic N) is 4. The molecular weight excluding hydrogens is 726 g/mol. The monoisotopic (exact) mass is 774 g/mol. The van der Waals surface area contributed by atoms with Gasteiger partial charge < -0.3 is 37.5 Å². The van der Waals surface area contributed by atoms with Gasteiger partial charge in [0.25, 0.3) is 0 Å². The fraction of sp³-hybridized carbons (Fsp3) is 0.375. The summed E-state index contributed by atoms with van der Waals surface area (Å²) in [6.07, 6.45) is 7.06. The van der Waals surface area contributed by atoms with E-state index < -0.39 is 17.6 Å². The second-order valence-corrected chi connectivity index (χ2v) is 14.1. The Morgan fingerprint density at radius 3 is 0.936 bits per heavy atom. The first-order chi connectivity index (χ1) is 21.5. The normalized spacial score (nSPS) is 10.9. The molecule has 4 heterocycles. The molecule has 4 rings (SSSR count). The molecule has 0 unspecified atom stereocenters. The van der Waals surface area contributed by atoms with Gasteiger partial charge in [-0.25, -0.2) is 0 Å². The predicted octanol–water partition coefficient (Wildman–Crippen LogP) is 3.15. The molecule has 260 valence electrons. The van der Waals surface area contributed by atoms with E-state index in [-0.39, 0.29) is 30.4 Å². The summed E-state index contributed by atoms with van der Waals surface area (Å²) in [5.41, 5.74) is 3.31. The molecule has 4 aromatic heterocycles. The van der Waals surface area contributed by atoms with Crippen molar-refractivity contribution in [3.63, 3.8) is 0 Å². The van der Waals surface area contributed by atoms with Crippen molar-refractivity contribution < 1.29 is 57.0 Å². The van der Waals surface area contributed by atoms with Gasteiger partial charge >= 0.3 is 17.6 Å². The van der Waals surface area contributed by atoms with Crippen LogP contribution in [0.5, 0.6) is 0 Å². The third kappa shape index (κ3) is 12.4. The minimum absolute atomic E-state index is 0. The van der Waals surface area contributed by atoms with Gasteiger partial charge in [-0.2, -0.15) is 0 Å². The van der Waals surface area contributed by atoms with Crippen molar-refractivity contribution in [1.82, 2.24) is 19.9 Å². The fourth-order valence-corrected chi connectivity index (χ4v) is 9.17. The Bertz CT molecular complexity index is 1210. The van der Waals surface area contributed by atoms with Gasteiger partial charge in [0.15, 0.2) is 0 Å². The molecule has 0 fully saturated rings. The van der Waals surface area contributed by atoms with Crippen molar-refractivity contribution >= 4 is 28.0 Å². The Hall–Kier alpha value is -2.66. The maximum atomic E-state index is 5.88. The van der Waals surface area contributed by atoms with Crippen LogP contribution in [0.25, 0.3) is 22.8 Å². The Morgan fingerprint density at radius 1 is 0.426 bits per heavy atom. The van der Waals surface area contributed by atoms with Crippen LogP contribution in [0.15, 0.2) is 85.5 Å². The summed E-state index contributed by atoms with van der Waals surface area (Å²) < 4.78 is 35.3. The second kappa shape index (κ2) is 23.6. The molecule has 0 aromatic carbocycles. The van der Waals surface area contributed by atoms with E-state index in [1.54, 1.807) is 24.8 Å². The molecule has 0 aliphatic carbocycles. The Labute approximate surface area is 293 Å². The Balaban J connectivity index is 0.000000846. The summed E-state index contributed by atoms with van der Waals surface area (Å²) in [5.74, 6) is 0. The SMILES string of the molecule is CCO[Si](OCC)(OCC)c1ccc(-c2ccccn2)nc1.CCO[Si](OCC)(OCC)c1ccc(-c2ccccn2)nc1.O.O.[Ru]. The third-order valence-electron chi connectivity index (χ3n) is 6.09. The van der Waals surface area contributed by atoms with Crippen LogP contribution < -0.4 is 10.4 Å². The molecule has 4 N–H and O–H groups in total. The van der Waals surface area contributed by atoms with Gasteiger partial charge in [0.05, 0.1) is 22.8 Å². The molecule has 12 nitrogen and oxygen atoms in total. The maximum Gasteiger partial charge on any atom is 0.538 e. The summed E-state index contributed by atoms with van der Waals surface area (Å²) in [4.78, 5) is 17.6. The summed E-state index contributed by atoms with van der Waals surface area (Å²) >= 11 is 0. The molecule has 0 atom stereocenters. The summed E-state index contributed by atoms with van der Waals surface area (Å²) in [6, 6.07) is 19.3. The van der Waals surface area contributed by atoms with E-state index in [4.69, 9.17) is 26.6 Å². The van der Waals surface area contributed by atoms with Crippen LogP contribution in [0.2, 0.25) is 0 Å². The van der Waals surface area contributed by atoms with Crippen LogP contribution in [0, 0.1) is 0 Å². The zero-order chi connectivity index (χ0) is 31.7. The van der Waals surface area contributed by atoms with Gasteiger partial charge in [-0.05, 0) is 77.9 Å². The van der Waals surface area contributed by atoms with E-state index in [1.807, 2.05) is 102 Å². The average molecular weight is 774 g/mol. The van der Waals surface area contributed by atoms with Crippen molar-refractivity contribution in [2.75, 3.05) is 39.6 Å². The first-order valence-electron chi connectivity index (χ1n) is 15.1. The molecule has 47 heavy (non-hydrogen) atoms. The number of rotatable bonds is 16. The summed E-state index contributed by atoms with van der Waals surface area (Å²) in [7, 11) is -5.76. The molecule has 0 spiro atoms. The zero-order valence-electron chi connectivity index (χ0n) is 27.9. The van der Waals surface area contributed by atoms with E-state index in [0.29, 0.717) is 39.6 Å². The molecule has 0 aliphatic rings. The van der Waals surface area contributed by atoms with Crippen molar-refractivity contribution in [3.8, 4) is 22.8 Å². The molecule has 0 saturated carbocycles. The molecular formula is C32H48N4O8RuSi2. The van der Waals surface area contributed by atoms with E-state index in [0.717, 1.165) is 33.1 Å². The maximum absolute atomic E-state index is 5.88. The third-order valence-corrected chi connectivity index (χ3v) is 12.1. The van der Waals surface area contributed by atoms with E-state index in [2.05, 4.69) is 19.9 Å². The molecule has 0 aliphatic heterocycles. The van der Waals surface area contributed by atoms with Gasteiger partial charge in [-0.15, -0.1) is 0 Å². The predicted molar refractivity (Wildman–Crippen MR) is 183 cm³/mol. The number of pyridine rings is 4. The Kier molecular flexibility index (Phi) is 22.3. The van der Waals surface area contributed by atoms with Gasteiger partial charge in [0.1, 0.15) is 0 Å². The standard InChI is InChI=1S/2C16H22N2O3Si.2H2O.Ru/c2*1-4-19-22(20-5-2,21-6-3)14-10-11-16(18-13-14)15-9-7-8-12-17-15;;;/h2*7-13H,4-6H2,1-3H3;2*1H2;. The Morgan fingerprint density at radius 2 is 0.723 bits per heavy atom. The molecule has 4 aromatic rings. The van der Waals surface area contributed by atoms with Crippen LogP contribution in [-0.4, -0.2) is 88.1 Å². The number of hydrogen-bond acceptors (Lipinski definition) is 10. The van der Waals surface area contributed by atoms with Gasteiger partial charge in [-0.1, -0.05) is 24.3 Å². The van der Waals surface area contributed by atoms with Gasteiger partial charge in [0, 0.05) is 94.3 Å². The molecule has 15 heteroatoms. The van der Waals surface area contributed by atoms with Crippen LogP contribution in [-0.2, 0) is 46.0 Å². The second-order valence-electron chi connectivity index (χ2n) is 9.00. The van der Waals surface area contributed by atoms with Gasteiger partial charge in [-0.3, -0.25) is 19.9 Å². The van der Waals surface area contributed by atoms with Crippen molar-refractivity contribution in [2.24, 2.45) is 0 Å². The van der Waals surface area contributed by atoms with E-state index in [1.165, 1.54) is 0 Å². The van der Waals surface area contributed by atoms with Gasteiger partial charge in [0.2, 0.25) is 0 Å². The van der Waals surface area contributed by atoms with Crippen molar-refractivity contribution in [1.29, 1.82) is 0 Å². The van der Waals surface area contributed by atoms with Crippen LogP contribution in [0.3, 0.4) is 0 Å². The quantitative estimate of drug-likeness (QED) is 0.154. The minimum Gasteiger partial charge on any atom is -0.412 e. The smallest absolute Gasteiger partial charge is 0.412 e. The molecule has 0 bridgehead atoms. The van der Waals surface area contributed by atoms with Crippen molar-refractivity contribution in [3.05, 3.63) is 85.5 Å². The first-order valence-corrected chi connectivity index (χ1v) is 18.6. The largest absolute Gasteiger partial charge is 0.538 e. The van der Waals surface area contributed by atoms with E-state index >= 15 is 0 Å². The molecule has 0 amide bonds. The van der Waals surface area contributed by atoms with E-state index in [9.17, 15) is 0 Å². The zero-order valence-corrected chi connectivity index (χ0v) is 31.7. The fourth-order valence-electron chi connectivity index (χ4n) is 4.37. The van der Waals surface area contributed by atoms with Crippen molar-refractivity contribution in [2.45, 2.75) is 41.5 Å². The number of hydrogen-bond donors (Lipinski definition) is 0. The van der Waals surface area contributed by atoms with Crippen LogP contribution in [0.4, 0.5) is 0 Å². The topological polar surface area (TPSA) is 170 Å². The number of aromatic nitrogens is 4. The summed E-state index contributed by atoms with van der Waals surface area (Å²) in [5, 5.41) is 1.75. The minimum atomic E-state index is -2.88. The van der Waals surface area contributed by atoms with Crippen LogP contribution in [0.1, 0.15) is 41.5 Å². The van der Waals surface area contributed by atoms with Crippen LogP contribution >= 0.6 is 0 Å². The molecule has 0 saturated heterocycles.